The number of hydrogen-bond donors (Lipinski definition) is 2. The van der Waals surface area contributed by atoms with Crippen LogP contribution in [-0.4, -0.2) is 33.1 Å². The highest BCUT2D eigenvalue weighted by Gasteiger charge is 2.65. The SMILES string of the molecule is CC1(C)[C@H](C(=O)O)[C@@H]1C(=O)NCC1CCc2nc(C(F)(F)F)cn2C1. The normalized spacial score (nSPS) is 27.5. The molecule has 0 aromatic carbocycles. The smallest absolute Gasteiger partial charge is 0.434 e. The molecule has 9 heteroatoms. The second-order valence-corrected chi connectivity index (χ2v) is 7.46. The Bertz CT molecular complexity index is 711. The summed E-state index contributed by atoms with van der Waals surface area (Å²) in [6, 6.07) is 0. The standard InChI is InChI=1S/C16H20F3N3O3/c1-15(2)11(12(15)14(24)25)13(23)20-5-8-3-4-10-21-9(16(17,18)19)7-22(10)6-8/h7-8,11-12H,3-6H2,1-2H3,(H,20,23)(H,24,25)/t8?,11-,12+/m1/s1. The van der Waals surface area contributed by atoms with Crippen molar-refractivity contribution in [3.05, 3.63) is 17.7 Å². The maximum atomic E-state index is 12.7. The predicted octanol–water partition coefficient (Wildman–Crippen LogP) is 1.94. The van der Waals surface area contributed by atoms with E-state index in [9.17, 15) is 22.8 Å². The molecule has 2 heterocycles. The van der Waals surface area contributed by atoms with E-state index >= 15 is 0 Å². The Morgan fingerprint density at radius 2 is 2.08 bits per heavy atom. The molecule has 6 nitrogen and oxygen atoms in total. The van der Waals surface area contributed by atoms with Crippen LogP contribution in [0.2, 0.25) is 0 Å². The Labute approximate surface area is 142 Å². The van der Waals surface area contributed by atoms with Crippen molar-refractivity contribution in [1.29, 1.82) is 0 Å². The summed E-state index contributed by atoms with van der Waals surface area (Å²) < 4.78 is 39.6. The zero-order valence-electron chi connectivity index (χ0n) is 13.9. The summed E-state index contributed by atoms with van der Waals surface area (Å²) in [7, 11) is 0. The van der Waals surface area contributed by atoms with Crippen molar-refractivity contribution in [2.45, 2.75) is 39.4 Å². The molecular formula is C16H20F3N3O3. The number of aryl methyl sites for hydroxylation is 1. The van der Waals surface area contributed by atoms with Crippen LogP contribution in [-0.2, 0) is 28.7 Å². The maximum Gasteiger partial charge on any atom is 0.434 e. The van der Waals surface area contributed by atoms with E-state index < -0.39 is 35.1 Å². The molecule has 1 aromatic rings. The minimum Gasteiger partial charge on any atom is -0.481 e. The molecule has 0 spiro atoms. The van der Waals surface area contributed by atoms with E-state index in [0.29, 0.717) is 31.8 Å². The van der Waals surface area contributed by atoms with Gasteiger partial charge in [0.1, 0.15) is 5.82 Å². The average molecular weight is 359 g/mol. The molecule has 1 aliphatic carbocycles. The molecule has 0 saturated heterocycles. The summed E-state index contributed by atoms with van der Waals surface area (Å²) in [5, 5.41) is 11.9. The summed E-state index contributed by atoms with van der Waals surface area (Å²) in [6.07, 6.45) is -2.40. The van der Waals surface area contributed by atoms with Gasteiger partial charge in [-0.3, -0.25) is 9.59 Å². The molecule has 0 radical (unpaired) electrons. The number of aromatic nitrogens is 2. The Hall–Kier alpha value is -2.06. The number of rotatable bonds is 4. The highest BCUT2D eigenvalue weighted by atomic mass is 19.4. The van der Waals surface area contributed by atoms with Gasteiger partial charge >= 0.3 is 12.1 Å². The van der Waals surface area contributed by atoms with Crippen LogP contribution in [0.3, 0.4) is 0 Å². The fourth-order valence-corrected chi connectivity index (χ4v) is 3.76. The predicted molar refractivity (Wildman–Crippen MR) is 80.4 cm³/mol. The van der Waals surface area contributed by atoms with E-state index in [2.05, 4.69) is 10.3 Å². The molecule has 2 N–H and O–H groups in total. The topological polar surface area (TPSA) is 84.2 Å². The third kappa shape index (κ3) is 3.23. The third-order valence-corrected chi connectivity index (χ3v) is 5.32. The van der Waals surface area contributed by atoms with Crippen LogP contribution < -0.4 is 5.32 Å². The van der Waals surface area contributed by atoms with Crippen molar-refractivity contribution in [2.24, 2.45) is 23.2 Å². The summed E-state index contributed by atoms with van der Waals surface area (Å²) >= 11 is 0. The van der Waals surface area contributed by atoms with Gasteiger partial charge in [0.2, 0.25) is 5.91 Å². The molecule has 1 unspecified atom stereocenters. The van der Waals surface area contributed by atoms with Gasteiger partial charge in [0.05, 0.1) is 11.8 Å². The average Bonchev–Trinajstić information content (AvgIpc) is 2.88. The number of nitrogens with zero attached hydrogens (tertiary/aromatic N) is 2. The molecule has 25 heavy (non-hydrogen) atoms. The van der Waals surface area contributed by atoms with Gasteiger partial charge < -0.3 is 15.0 Å². The maximum absolute atomic E-state index is 12.7. The van der Waals surface area contributed by atoms with Gasteiger partial charge in [0.15, 0.2) is 5.69 Å². The second-order valence-electron chi connectivity index (χ2n) is 7.46. The Balaban J connectivity index is 1.57. The minimum absolute atomic E-state index is 0.00289. The van der Waals surface area contributed by atoms with Gasteiger partial charge in [0, 0.05) is 25.7 Å². The van der Waals surface area contributed by atoms with Crippen LogP contribution >= 0.6 is 0 Å². The minimum atomic E-state index is -4.46. The van der Waals surface area contributed by atoms with Crippen molar-refractivity contribution in [1.82, 2.24) is 14.9 Å². The van der Waals surface area contributed by atoms with E-state index in [1.807, 2.05) is 0 Å². The summed E-state index contributed by atoms with van der Waals surface area (Å²) in [5.74, 6) is -2.13. The second kappa shape index (κ2) is 5.74. The van der Waals surface area contributed by atoms with Crippen molar-refractivity contribution in [3.8, 4) is 0 Å². The number of alkyl halides is 3. The van der Waals surface area contributed by atoms with Crippen molar-refractivity contribution < 1.29 is 27.9 Å². The van der Waals surface area contributed by atoms with E-state index in [4.69, 9.17) is 5.11 Å². The number of carboxylic acids is 1. The molecule has 1 amide bonds. The van der Waals surface area contributed by atoms with Gasteiger partial charge in [-0.05, 0) is 17.8 Å². The summed E-state index contributed by atoms with van der Waals surface area (Å²) in [5.41, 5.74) is -1.46. The fraction of sp³-hybridized carbons (Fsp3) is 0.688. The van der Waals surface area contributed by atoms with Crippen LogP contribution in [0.5, 0.6) is 0 Å². The van der Waals surface area contributed by atoms with Crippen molar-refractivity contribution in [3.63, 3.8) is 0 Å². The lowest BCUT2D eigenvalue weighted by molar-refractivity contribution is -0.141. The lowest BCUT2D eigenvalue weighted by atomic mass is 9.99. The van der Waals surface area contributed by atoms with Gasteiger partial charge in [-0.15, -0.1) is 0 Å². The van der Waals surface area contributed by atoms with E-state index in [-0.39, 0.29) is 11.8 Å². The molecule has 3 atom stereocenters. The quantitative estimate of drug-likeness (QED) is 0.861. The van der Waals surface area contributed by atoms with Crippen LogP contribution in [0.4, 0.5) is 13.2 Å². The number of aliphatic carboxylic acids is 1. The van der Waals surface area contributed by atoms with Crippen LogP contribution in [0.25, 0.3) is 0 Å². The first kappa shape index (κ1) is 17.8. The summed E-state index contributed by atoms with van der Waals surface area (Å²) in [4.78, 5) is 27.0. The van der Waals surface area contributed by atoms with Crippen molar-refractivity contribution in [2.75, 3.05) is 6.54 Å². The lowest BCUT2D eigenvalue weighted by Gasteiger charge is -2.24. The first-order valence-corrected chi connectivity index (χ1v) is 8.15. The van der Waals surface area contributed by atoms with Gasteiger partial charge in [-0.25, -0.2) is 4.98 Å². The molecule has 1 saturated carbocycles. The molecule has 1 fully saturated rings. The Kier molecular flexibility index (Phi) is 4.08. The molecule has 138 valence electrons. The summed E-state index contributed by atoms with van der Waals surface area (Å²) in [6.45, 7) is 4.16. The molecule has 3 rings (SSSR count). The highest BCUT2D eigenvalue weighted by Crippen LogP contribution is 2.58. The Morgan fingerprint density at radius 3 is 2.64 bits per heavy atom. The largest absolute Gasteiger partial charge is 0.481 e. The number of imidazole rings is 1. The first-order chi connectivity index (χ1) is 11.5. The molecular weight excluding hydrogens is 339 g/mol. The molecule has 1 aromatic heterocycles. The number of carbonyl (C=O) groups excluding carboxylic acids is 1. The monoisotopic (exact) mass is 359 g/mol. The van der Waals surface area contributed by atoms with Gasteiger partial charge in [-0.1, -0.05) is 13.8 Å². The number of carbonyl (C=O) groups is 2. The number of halogens is 3. The molecule has 1 aliphatic heterocycles. The Morgan fingerprint density at radius 1 is 1.40 bits per heavy atom. The zero-order chi connectivity index (χ0) is 18.6. The number of carboxylic acid groups (broad SMARTS) is 1. The van der Waals surface area contributed by atoms with Crippen LogP contribution in [0.1, 0.15) is 31.8 Å². The molecule has 0 bridgehead atoms. The zero-order valence-corrected chi connectivity index (χ0v) is 13.9. The molecule has 2 aliphatic rings. The number of nitrogens with one attached hydrogen (secondary N) is 1. The lowest BCUT2D eigenvalue weighted by Crippen LogP contribution is -2.35. The number of hydrogen-bond acceptors (Lipinski definition) is 3. The van der Waals surface area contributed by atoms with E-state index in [1.54, 1.807) is 13.8 Å². The van der Waals surface area contributed by atoms with E-state index in [0.717, 1.165) is 6.20 Å². The van der Waals surface area contributed by atoms with Crippen molar-refractivity contribution >= 4 is 11.9 Å². The third-order valence-electron chi connectivity index (χ3n) is 5.32. The number of amides is 1. The van der Waals surface area contributed by atoms with Gasteiger partial charge in [0.25, 0.3) is 0 Å². The van der Waals surface area contributed by atoms with Crippen LogP contribution in [0, 0.1) is 23.2 Å². The fourth-order valence-electron chi connectivity index (χ4n) is 3.76. The highest BCUT2D eigenvalue weighted by molar-refractivity contribution is 5.91. The van der Waals surface area contributed by atoms with E-state index in [1.165, 1.54) is 4.57 Å². The van der Waals surface area contributed by atoms with Crippen LogP contribution in [0.15, 0.2) is 6.20 Å². The first-order valence-electron chi connectivity index (χ1n) is 8.15. The number of fused-ring (bicyclic) bond motifs is 1. The van der Waals surface area contributed by atoms with Gasteiger partial charge in [-0.2, -0.15) is 13.2 Å².